The van der Waals surface area contributed by atoms with Crippen LogP contribution in [0.15, 0.2) is 6.33 Å². The van der Waals surface area contributed by atoms with Crippen LogP contribution in [-0.4, -0.2) is 44.8 Å². The van der Waals surface area contributed by atoms with Gasteiger partial charge in [-0.3, -0.25) is 0 Å². The number of nitrogens with two attached hydrogens (primary N) is 1. The van der Waals surface area contributed by atoms with Crippen LogP contribution >= 0.6 is 0 Å². The number of hydrazine groups is 1. The van der Waals surface area contributed by atoms with E-state index in [1.165, 1.54) is 20.5 Å². The van der Waals surface area contributed by atoms with Gasteiger partial charge >= 0.3 is 0 Å². The van der Waals surface area contributed by atoms with Crippen molar-refractivity contribution in [2.45, 2.75) is 0 Å². The van der Waals surface area contributed by atoms with E-state index in [-0.39, 0.29) is 12.3 Å². The number of anilines is 2. The van der Waals surface area contributed by atoms with Crippen LogP contribution in [0.5, 0.6) is 5.75 Å². The molecule has 0 amide bonds. The average molecular weight is 276 g/mol. The van der Waals surface area contributed by atoms with Crippen LogP contribution in [0.2, 0.25) is 0 Å². The van der Waals surface area contributed by atoms with Gasteiger partial charge < -0.3 is 15.5 Å². The lowest BCUT2D eigenvalue weighted by molar-refractivity contribution is 0.414. The second kappa shape index (κ2) is 6.33. The summed E-state index contributed by atoms with van der Waals surface area (Å²) in [6.45, 7) is 0.181. The molecule has 0 unspecified atom stereocenters. The smallest absolute Gasteiger partial charge is 0.213 e. The lowest BCUT2D eigenvalue weighted by Gasteiger charge is -2.12. The van der Waals surface area contributed by atoms with Crippen molar-refractivity contribution in [3.8, 4) is 5.75 Å². The average Bonchev–Trinajstić information content (AvgIpc) is 2.38. The monoisotopic (exact) mass is 276 g/mol. The largest absolute Gasteiger partial charge is 0.490 e. The summed E-state index contributed by atoms with van der Waals surface area (Å²) in [6, 6.07) is 0. The number of nitrogen functional groups attached to an aromatic ring is 1. The lowest BCUT2D eigenvalue weighted by Crippen LogP contribution is -2.26. The van der Waals surface area contributed by atoms with Gasteiger partial charge in [0.2, 0.25) is 15.8 Å². The number of rotatable bonds is 7. The maximum absolute atomic E-state index is 11.2. The lowest BCUT2D eigenvalue weighted by atomic mass is 10.4. The Morgan fingerprint density at radius 3 is 2.61 bits per heavy atom. The maximum Gasteiger partial charge on any atom is 0.213 e. The van der Waals surface area contributed by atoms with Gasteiger partial charge in [-0.05, 0) is 7.05 Å². The standard InChI is InChI=1S/C8H16N6O3S/c1-10-18(15,16)4-3-11-7-6(17-2)8(14-9)13-5-12-7/h5,10H,3-4,9H2,1-2H3,(H2,11,12,13,14). The molecule has 0 saturated carbocycles. The summed E-state index contributed by atoms with van der Waals surface area (Å²) in [4.78, 5) is 7.80. The fourth-order valence-electron chi connectivity index (χ4n) is 1.20. The van der Waals surface area contributed by atoms with Gasteiger partial charge in [-0.25, -0.2) is 29.0 Å². The summed E-state index contributed by atoms with van der Waals surface area (Å²) in [5.41, 5.74) is 2.36. The molecule has 0 aliphatic rings. The minimum absolute atomic E-state index is 0.0813. The molecule has 0 fully saturated rings. The highest BCUT2D eigenvalue weighted by Gasteiger charge is 2.12. The molecule has 1 heterocycles. The van der Waals surface area contributed by atoms with E-state index in [4.69, 9.17) is 10.6 Å². The van der Waals surface area contributed by atoms with E-state index in [9.17, 15) is 8.42 Å². The van der Waals surface area contributed by atoms with Crippen molar-refractivity contribution in [2.75, 3.05) is 37.2 Å². The number of sulfonamides is 1. The van der Waals surface area contributed by atoms with E-state index in [2.05, 4.69) is 25.4 Å². The third-order valence-corrected chi connectivity index (χ3v) is 3.48. The molecule has 5 N–H and O–H groups in total. The van der Waals surface area contributed by atoms with Gasteiger partial charge in [0.1, 0.15) is 6.33 Å². The van der Waals surface area contributed by atoms with E-state index in [0.717, 1.165) is 0 Å². The minimum Gasteiger partial charge on any atom is -0.490 e. The first-order chi connectivity index (χ1) is 8.54. The summed E-state index contributed by atoms with van der Waals surface area (Å²) in [6.07, 6.45) is 1.28. The van der Waals surface area contributed by atoms with E-state index in [1.807, 2.05) is 0 Å². The first-order valence-corrected chi connectivity index (χ1v) is 6.70. The van der Waals surface area contributed by atoms with Gasteiger partial charge in [-0.1, -0.05) is 0 Å². The van der Waals surface area contributed by atoms with E-state index >= 15 is 0 Å². The van der Waals surface area contributed by atoms with Crippen molar-refractivity contribution in [1.82, 2.24) is 14.7 Å². The zero-order chi connectivity index (χ0) is 13.6. The van der Waals surface area contributed by atoms with Crippen molar-refractivity contribution in [3.05, 3.63) is 6.33 Å². The maximum atomic E-state index is 11.2. The molecular formula is C8H16N6O3S. The van der Waals surface area contributed by atoms with E-state index in [0.29, 0.717) is 17.4 Å². The summed E-state index contributed by atoms with van der Waals surface area (Å²) in [7, 11) is -0.464. The molecule has 0 aliphatic heterocycles. The topological polar surface area (TPSA) is 131 Å². The first-order valence-electron chi connectivity index (χ1n) is 5.04. The molecule has 10 heteroatoms. The molecule has 0 radical (unpaired) electrons. The Morgan fingerprint density at radius 1 is 1.39 bits per heavy atom. The molecule has 0 bridgehead atoms. The first kappa shape index (κ1) is 14.4. The molecule has 0 saturated heterocycles. The number of hydrogen-bond acceptors (Lipinski definition) is 8. The van der Waals surface area contributed by atoms with Gasteiger partial charge in [0.05, 0.1) is 12.9 Å². The normalized spacial score (nSPS) is 11.1. The third-order valence-electron chi connectivity index (χ3n) is 2.12. The Hall–Kier alpha value is -1.65. The van der Waals surface area contributed by atoms with Crippen LogP contribution in [0.3, 0.4) is 0 Å². The van der Waals surface area contributed by atoms with Crippen molar-refractivity contribution in [1.29, 1.82) is 0 Å². The fraction of sp³-hybridized carbons (Fsp3) is 0.500. The SMILES string of the molecule is CNS(=O)(=O)CCNc1ncnc(NN)c1OC. The van der Waals surface area contributed by atoms with Crippen molar-refractivity contribution in [3.63, 3.8) is 0 Å². The quantitative estimate of drug-likeness (QED) is 0.358. The molecule has 1 aromatic heterocycles. The van der Waals surface area contributed by atoms with Crippen molar-refractivity contribution < 1.29 is 13.2 Å². The highest BCUT2D eigenvalue weighted by atomic mass is 32.2. The number of aromatic nitrogens is 2. The molecule has 9 nitrogen and oxygen atoms in total. The van der Waals surface area contributed by atoms with Gasteiger partial charge in [0.15, 0.2) is 11.6 Å². The van der Waals surface area contributed by atoms with Crippen LogP contribution < -0.4 is 26.0 Å². The van der Waals surface area contributed by atoms with Crippen LogP contribution in [0.25, 0.3) is 0 Å². The van der Waals surface area contributed by atoms with Crippen molar-refractivity contribution >= 4 is 21.7 Å². The summed E-state index contributed by atoms with van der Waals surface area (Å²) in [5, 5.41) is 2.84. The predicted molar refractivity (Wildman–Crippen MR) is 67.7 cm³/mol. The fourth-order valence-corrected chi connectivity index (χ4v) is 1.78. The van der Waals surface area contributed by atoms with Gasteiger partial charge in [-0.2, -0.15) is 0 Å². The molecule has 18 heavy (non-hydrogen) atoms. The van der Waals surface area contributed by atoms with E-state index in [1.54, 1.807) is 0 Å². The number of methoxy groups -OCH3 is 1. The zero-order valence-electron chi connectivity index (χ0n) is 10.1. The molecule has 102 valence electrons. The molecule has 0 atom stereocenters. The second-order valence-electron chi connectivity index (χ2n) is 3.20. The molecule has 1 aromatic rings. The second-order valence-corrected chi connectivity index (χ2v) is 5.24. The van der Waals surface area contributed by atoms with Crippen LogP contribution in [0.4, 0.5) is 11.6 Å². The van der Waals surface area contributed by atoms with Gasteiger partial charge in [0.25, 0.3) is 0 Å². The summed E-state index contributed by atoms with van der Waals surface area (Å²) >= 11 is 0. The summed E-state index contributed by atoms with van der Waals surface area (Å²) in [5.74, 6) is 6.18. The Balaban J connectivity index is 2.73. The number of hydrogen-bond donors (Lipinski definition) is 4. The third kappa shape index (κ3) is 3.68. The Kier molecular flexibility index (Phi) is 5.07. The number of nitrogens with one attached hydrogen (secondary N) is 3. The molecular weight excluding hydrogens is 260 g/mol. The van der Waals surface area contributed by atoms with Gasteiger partial charge in [0, 0.05) is 6.54 Å². The Labute approximate surface area is 105 Å². The molecule has 0 aliphatic carbocycles. The zero-order valence-corrected chi connectivity index (χ0v) is 10.9. The van der Waals surface area contributed by atoms with E-state index < -0.39 is 10.0 Å². The molecule has 0 spiro atoms. The van der Waals surface area contributed by atoms with Gasteiger partial charge in [-0.15, -0.1) is 0 Å². The molecule has 1 rings (SSSR count). The minimum atomic E-state index is -3.26. The molecule has 0 aromatic carbocycles. The highest BCUT2D eigenvalue weighted by molar-refractivity contribution is 7.89. The Morgan fingerprint density at radius 2 is 2.06 bits per heavy atom. The van der Waals surface area contributed by atoms with Crippen LogP contribution in [-0.2, 0) is 10.0 Å². The van der Waals surface area contributed by atoms with Crippen molar-refractivity contribution in [2.24, 2.45) is 5.84 Å². The predicted octanol–water partition coefficient (Wildman–Crippen LogP) is -1.27. The van der Waals surface area contributed by atoms with Crippen LogP contribution in [0.1, 0.15) is 0 Å². The number of nitrogens with zero attached hydrogens (tertiary/aromatic N) is 2. The number of ether oxygens (including phenoxy) is 1. The summed E-state index contributed by atoms with van der Waals surface area (Å²) < 4.78 is 29.7. The highest BCUT2D eigenvalue weighted by Crippen LogP contribution is 2.27. The van der Waals surface area contributed by atoms with Crippen LogP contribution in [0, 0.1) is 0 Å². The Bertz CT molecular complexity index is 492.